The molecule has 1 heterocycles. The van der Waals surface area contributed by atoms with E-state index in [1.54, 1.807) is 6.07 Å². The second-order valence-corrected chi connectivity index (χ2v) is 9.14. The van der Waals surface area contributed by atoms with E-state index in [0.717, 1.165) is 10.5 Å². The molecule has 0 bridgehead atoms. The van der Waals surface area contributed by atoms with E-state index in [1.165, 1.54) is 24.3 Å². The van der Waals surface area contributed by atoms with E-state index in [9.17, 15) is 9.59 Å². The van der Waals surface area contributed by atoms with Gasteiger partial charge in [0.25, 0.3) is 5.91 Å². The Bertz CT molecular complexity index is 1020. The third-order valence-electron chi connectivity index (χ3n) is 4.27. The molecule has 0 aliphatic rings. The minimum absolute atomic E-state index is 0.0110. The monoisotopic (exact) mass is 449 g/mol. The first-order valence-electron chi connectivity index (χ1n) is 10.3. The van der Waals surface area contributed by atoms with Crippen molar-refractivity contribution >= 4 is 29.4 Å². The van der Waals surface area contributed by atoms with E-state index in [2.05, 4.69) is 46.1 Å². The Morgan fingerprint density at radius 1 is 0.938 bits per heavy atom. The van der Waals surface area contributed by atoms with Crippen LogP contribution in [-0.4, -0.2) is 33.4 Å². The van der Waals surface area contributed by atoms with Gasteiger partial charge in [0.05, 0.1) is 0 Å². The standard InChI is InChI=1S/C24H27N5O2S/c1-24(2,3)29-32-19-12-10-18(11-13-19)27-22(30)20(16-17-8-5-4-6-9-17)28-23(31)21-25-14-7-15-26-21/h4-15,20,29H,16H2,1-3H3,(H,27,30)(H,28,31). The Morgan fingerprint density at radius 2 is 1.59 bits per heavy atom. The second kappa shape index (κ2) is 10.9. The zero-order valence-corrected chi connectivity index (χ0v) is 19.1. The molecule has 2 aromatic carbocycles. The van der Waals surface area contributed by atoms with Gasteiger partial charge in [-0.05, 0) is 68.6 Å². The van der Waals surface area contributed by atoms with Crippen molar-refractivity contribution in [2.24, 2.45) is 0 Å². The molecule has 0 saturated carbocycles. The SMILES string of the molecule is CC(C)(C)NSc1ccc(NC(=O)C(Cc2ccccc2)NC(=O)c2ncccn2)cc1. The number of benzene rings is 2. The third kappa shape index (κ3) is 7.47. The highest BCUT2D eigenvalue weighted by Crippen LogP contribution is 2.20. The van der Waals surface area contributed by atoms with E-state index >= 15 is 0 Å². The fraction of sp³-hybridized carbons (Fsp3) is 0.250. The predicted octanol–water partition coefficient (Wildman–Crippen LogP) is 3.85. The number of rotatable bonds is 8. The molecule has 7 nitrogen and oxygen atoms in total. The maximum atomic E-state index is 13.0. The minimum Gasteiger partial charge on any atom is -0.337 e. The number of anilines is 1. The van der Waals surface area contributed by atoms with Crippen LogP contribution < -0.4 is 15.4 Å². The fourth-order valence-electron chi connectivity index (χ4n) is 2.75. The van der Waals surface area contributed by atoms with Gasteiger partial charge in [0.15, 0.2) is 0 Å². The molecule has 3 aromatic rings. The highest BCUT2D eigenvalue weighted by atomic mass is 32.2. The number of nitrogens with zero attached hydrogens (tertiary/aromatic N) is 2. The van der Waals surface area contributed by atoms with Gasteiger partial charge in [0.2, 0.25) is 11.7 Å². The van der Waals surface area contributed by atoms with Crippen LogP contribution in [0, 0.1) is 0 Å². The van der Waals surface area contributed by atoms with E-state index in [4.69, 9.17) is 0 Å². The molecule has 0 radical (unpaired) electrons. The summed E-state index contributed by atoms with van der Waals surface area (Å²) in [7, 11) is 0. The van der Waals surface area contributed by atoms with Crippen LogP contribution in [0.5, 0.6) is 0 Å². The summed E-state index contributed by atoms with van der Waals surface area (Å²) in [5.74, 6) is -0.792. The van der Waals surface area contributed by atoms with E-state index in [-0.39, 0.29) is 17.3 Å². The van der Waals surface area contributed by atoms with Crippen LogP contribution in [0.25, 0.3) is 0 Å². The molecular weight excluding hydrogens is 422 g/mol. The lowest BCUT2D eigenvalue weighted by molar-refractivity contribution is -0.118. The lowest BCUT2D eigenvalue weighted by atomic mass is 10.0. The molecule has 32 heavy (non-hydrogen) atoms. The molecule has 0 saturated heterocycles. The summed E-state index contributed by atoms with van der Waals surface area (Å²) in [4.78, 5) is 34.6. The summed E-state index contributed by atoms with van der Waals surface area (Å²) in [5, 5.41) is 5.65. The summed E-state index contributed by atoms with van der Waals surface area (Å²) in [5.41, 5.74) is 1.57. The lowest BCUT2D eigenvalue weighted by Gasteiger charge is -2.20. The normalized spacial score (nSPS) is 12.1. The van der Waals surface area contributed by atoms with Crippen LogP contribution in [0.2, 0.25) is 0 Å². The number of aromatic nitrogens is 2. The highest BCUT2D eigenvalue weighted by Gasteiger charge is 2.23. The smallest absolute Gasteiger partial charge is 0.289 e. The number of carbonyl (C=O) groups is 2. The van der Waals surface area contributed by atoms with Crippen LogP contribution in [0.4, 0.5) is 5.69 Å². The Balaban J connectivity index is 1.69. The molecule has 0 aliphatic carbocycles. The summed E-state index contributed by atoms with van der Waals surface area (Å²) >= 11 is 1.54. The highest BCUT2D eigenvalue weighted by molar-refractivity contribution is 7.97. The van der Waals surface area contributed by atoms with Crippen LogP contribution >= 0.6 is 11.9 Å². The van der Waals surface area contributed by atoms with Gasteiger partial charge in [0, 0.05) is 34.9 Å². The summed E-state index contributed by atoms with van der Waals surface area (Å²) in [6.45, 7) is 6.28. The maximum absolute atomic E-state index is 13.0. The van der Waals surface area contributed by atoms with Crippen molar-refractivity contribution in [1.29, 1.82) is 0 Å². The molecule has 166 valence electrons. The van der Waals surface area contributed by atoms with Crippen LogP contribution in [-0.2, 0) is 11.2 Å². The van der Waals surface area contributed by atoms with Crippen molar-refractivity contribution in [3.05, 3.63) is 84.4 Å². The summed E-state index contributed by atoms with van der Waals surface area (Å²) in [6.07, 6.45) is 3.32. The molecular formula is C24H27N5O2S. The predicted molar refractivity (Wildman–Crippen MR) is 127 cm³/mol. The molecule has 8 heteroatoms. The van der Waals surface area contributed by atoms with Crippen molar-refractivity contribution in [3.63, 3.8) is 0 Å². The van der Waals surface area contributed by atoms with Gasteiger partial charge >= 0.3 is 0 Å². The molecule has 3 N–H and O–H groups in total. The molecule has 0 aliphatic heterocycles. The van der Waals surface area contributed by atoms with Crippen molar-refractivity contribution in [3.8, 4) is 0 Å². The van der Waals surface area contributed by atoms with Crippen molar-refractivity contribution in [2.45, 2.75) is 43.7 Å². The first-order valence-corrected chi connectivity index (χ1v) is 11.1. The average Bonchev–Trinajstić information content (AvgIpc) is 2.79. The Labute approximate surface area is 192 Å². The quantitative estimate of drug-likeness (QED) is 0.452. The molecule has 0 fully saturated rings. The lowest BCUT2D eigenvalue weighted by Crippen LogP contribution is -2.45. The summed E-state index contributed by atoms with van der Waals surface area (Å²) < 4.78 is 3.35. The first-order chi connectivity index (χ1) is 15.3. The molecule has 3 rings (SSSR count). The molecule has 2 amide bonds. The Kier molecular flexibility index (Phi) is 7.97. The summed E-state index contributed by atoms with van der Waals surface area (Å²) in [6, 6.07) is 17.9. The van der Waals surface area contributed by atoms with E-state index < -0.39 is 11.9 Å². The number of hydrogen-bond acceptors (Lipinski definition) is 6. The van der Waals surface area contributed by atoms with Crippen molar-refractivity contribution in [2.75, 3.05) is 5.32 Å². The van der Waals surface area contributed by atoms with Crippen LogP contribution in [0.3, 0.4) is 0 Å². The fourth-order valence-corrected chi connectivity index (χ4v) is 3.44. The molecule has 1 aromatic heterocycles. The minimum atomic E-state index is -0.787. The number of amides is 2. The Hall–Kier alpha value is -3.23. The van der Waals surface area contributed by atoms with Gasteiger partial charge in [-0.2, -0.15) is 0 Å². The molecule has 1 unspecified atom stereocenters. The van der Waals surface area contributed by atoms with E-state index in [1.807, 2.05) is 54.6 Å². The van der Waals surface area contributed by atoms with Gasteiger partial charge < -0.3 is 10.6 Å². The molecule has 0 spiro atoms. The van der Waals surface area contributed by atoms with Gasteiger partial charge in [-0.3, -0.25) is 14.3 Å². The number of hydrogen-bond donors (Lipinski definition) is 3. The number of carbonyl (C=O) groups excluding carboxylic acids is 2. The third-order valence-corrected chi connectivity index (χ3v) is 5.49. The zero-order valence-electron chi connectivity index (χ0n) is 18.3. The second-order valence-electron chi connectivity index (χ2n) is 8.26. The van der Waals surface area contributed by atoms with Crippen molar-refractivity contribution < 1.29 is 9.59 Å². The van der Waals surface area contributed by atoms with Gasteiger partial charge in [-0.15, -0.1) is 0 Å². The Morgan fingerprint density at radius 3 is 2.22 bits per heavy atom. The van der Waals surface area contributed by atoms with Crippen molar-refractivity contribution in [1.82, 2.24) is 20.0 Å². The van der Waals surface area contributed by atoms with Crippen LogP contribution in [0.1, 0.15) is 37.0 Å². The van der Waals surface area contributed by atoms with Gasteiger partial charge in [-0.25, -0.2) is 9.97 Å². The number of nitrogens with one attached hydrogen (secondary N) is 3. The van der Waals surface area contributed by atoms with Crippen LogP contribution in [0.15, 0.2) is 78.0 Å². The molecule has 1 atom stereocenters. The maximum Gasteiger partial charge on any atom is 0.289 e. The zero-order chi connectivity index (χ0) is 23.0. The topological polar surface area (TPSA) is 96.0 Å². The van der Waals surface area contributed by atoms with Gasteiger partial charge in [-0.1, -0.05) is 30.3 Å². The largest absolute Gasteiger partial charge is 0.337 e. The average molecular weight is 450 g/mol. The van der Waals surface area contributed by atoms with Gasteiger partial charge in [0.1, 0.15) is 6.04 Å². The van der Waals surface area contributed by atoms with E-state index in [0.29, 0.717) is 12.1 Å². The first kappa shape index (κ1) is 23.4.